The molecule has 5 nitrogen and oxygen atoms in total. The van der Waals surface area contributed by atoms with Gasteiger partial charge in [-0.3, -0.25) is 9.79 Å². The number of carbonyl (C=O) groups is 1. The molecular weight excluding hydrogens is 302 g/mol. The van der Waals surface area contributed by atoms with Gasteiger partial charge in [0.2, 0.25) is 11.8 Å². The summed E-state index contributed by atoms with van der Waals surface area (Å²) >= 11 is 0. The highest BCUT2D eigenvalue weighted by Crippen LogP contribution is 2.41. The van der Waals surface area contributed by atoms with Crippen molar-refractivity contribution < 1.29 is 9.21 Å². The van der Waals surface area contributed by atoms with Crippen molar-refractivity contribution in [3.63, 3.8) is 0 Å². The molecule has 0 fully saturated rings. The lowest BCUT2D eigenvalue weighted by Gasteiger charge is -2.14. The zero-order valence-electron chi connectivity index (χ0n) is 13.3. The Hall–Kier alpha value is -2.95. The van der Waals surface area contributed by atoms with Crippen molar-refractivity contribution in [2.24, 2.45) is 4.99 Å². The van der Waals surface area contributed by atoms with Crippen molar-refractivity contribution in [3.05, 3.63) is 53.4 Å². The van der Waals surface area contributed by atoms with E-state index >= 15 is 0 Å². The lowest BCUT2D eigenvalue weighted by atomic mass is 9.86. The number of fused-ring (bicyclic) bond motifs is 3. The van der Waals surface area contributed by atoms with Gasteiger partial charge in [-0.15, -0.1) is 0 Å². The zero-order chi connectivity index (χ0) is 16.5. The summed E-state index contributed by atoms with van der Waals surface area (Å²) in [6.45, 7) is 3.84. The number of hydrogen-bond donors (Lipinski definition) is 1. The van der Waals surface area contributed by atoms with E-state index in [1.54, 1.807) is 0 Å². The molecule has 24 heavy (non-hydrogen) atoms. The fraction of sp³-hybridized carbons (Fsp3) is 0.211. The van der Waals surface area contributed by atoms with Gasteiger partial charge >= 0.3 is 0 Å². The fourth-order valence-corrected chi connectivity index (χ4v) is 3.45. The van der Waals surface area contributed by atoms with E-state index in [0.717, 1.165) is 28.0 Å². The minimum absolute atomic E-state index is 0.00206. The maximum Gasteiger partial charge on any atom is 0.234 e. The Morgan fingerprint density at radius 2 is 2.04 bits per heavy atom. The van der Waals surface area contributed by atoms with Crippen LogP contribution in [0.5, 0.6) is 0 Å². The molecule has 2 aliphatic heterocycles. The molecule has 2 aliphatic rings. The molecule has 118 valence electrons. The number of nitrogens with zero attached hydrogens (tertiary/aromatic N) is 2. The SMILES string of the molecule is CC1(C)C(=O)Nc2cc3oc(C4C=Nc5ccccc54)nc3cc21. The molecule has 1 amide bonds. The van der Waals surface area contributed by atoms with Crippen molar-refractivity contribution in [2.45, 2.75) is 25.2 Å². The van der Waals surface area contributed by atoms with Crippen LogP contribution in [0.1, 0.15) is 36.8 Å². The predicted octanol–water partition coefficient (Wildman–Crippen LogP) is 3.91. The molecule has 0 bridgehead atoms. The molecule has 1 N–H and O–H groups in total. The Bertz CT molecular complexity index is 1050. The summed E-state index contributed by atoms with van der Waals surface area (Å²) < 4.78 is 5.98. The van der Waals surface area contributed by atoms with E-state index in [1.165, 1.54) is 0 Å². The van der Waals surface area contributed by atoms with Crippen LogP contribution in [0.2, 0.25) is 0 Å². The molecule has 0 radical (unpaired) electrons. The number of nitrogens with one attached hydrogen (secondary N) is 1. The number of carbonyl (C=O) groups excluding carboxylic acids is 1. The number of aromatic nitrogens is 1. The predicted molar refractivity (Wildman–Crippen MR) is 92.1 cm³/mol. The first-order valence-electron chi connectivity index (χ1n) is 7.93. The summed E-state index contributed by atoms with van der Waals surface area (Å²) in [4.78, 5) is 21.2. The van der Waals surface area contributed by atoms with Gasteiger partial charge in [0.25, 0.3) is 0 Å². The number of oxazole rings is 1. The van der Waals surface area contributed by atoms with E-state index in [-0.39, 0.29) is 11.8 Å². The van der Waals surface area contributed by atoms with Gasteiger partial charge in [-0.05, 0) is 37.1 Å². The number of para-hydroxylation sites is 1. The molecule has 0 aliphatic carbocycles. The van der Waals surface area contributed by atoms with Crippen LogP contribution in [0.3, 0.4) is 0 Å². The Morgan fingerprint density at radius 1 is 1.21 bits per heavy atom. The molecule has 0 saturated carbocycles. The second-order valence-corrected chi connectivity index (χ2v) is 6.81. The molecule has 1 unspecified atom stereocenters. The first-order valence-corrected chi connectivity index (χ1v) is 7.93. The summed E-state index contributed by atoms with van der Waals surface area (Å²) in [6.07, 6.45) is 1.87. The van der Waals surface area contributed by atoms with Crippen molar-refractivity contribution in [1.82, 2.24) is 4.98 Å². The molecule has 5 rings (SSSR count). The van der Waals surface area contributed by atoms with Gasteiger partial charge in [-0.2, -0.15) is 0 Å². The minimum Gasteiger partial charge on any atom is -0.440 e. The molecule has 3 heterocycles. The first kappa shape index (κ1) is 13.5. The van der Waals surface area contributed by atoms with Crippen LogP contribution in [-0.4, -0.2) is 17.1 Å². The number of aliphatic imine (C=N–C) groups is 1. The molecular formula is C19H15N3O2. The van der Waals surface area contributed by atoms with Crippen LogP contribution in [0.25, 0.3) is 11.1 Å². The third kappa shape index (κ3) is 1.67. The van der Waals surface area contributed by atoms with Gasteiger partial charge in [0.1, 0.15) is 5.52 Å². The second-order valence-electron chi connectivity index (χ2n) is 6.81. The number of amides is 1. The van der Waals surface area contributed by atoms with Crippen LogP contribution in [-0.2, 0) is 10.2 Å². The lowest BCUT2D eigenvalue weighted by molar-refractivity contribution is -0.119. The number of hydrogen-bond acceptors (Lipinski definition) is 4. The van der Waals surface area contributed by atoms with E-state index in [1.807, 2.05) is 56.5 Å². The van der Waals surface area contributed by atoms with Crippen molar-refractivity contribution in [2.75, 3.05) is 5.32 Å². The normalized spacial score (nSPS) is 20.2. The van der Waals surface area contributed by atoms with Gasteiger partial charge in [0.05, 0.1) is 17.0 Å². The van der Waals surface area contributed by atoms with Crippen LogP contribution < -0.4 is 5.32 Å². The first-order chi connectivity index (χ1) is 11.5. The summed E-state index contributed by atoms with van der Waals surface area (Å²) in [5.41, 5.74) is 4.72. The van der Waals surface area contributed by atoms with Gasteiger partial charge in [-0.25, -0.2) is 4.98 Å². The Labute approximate surface area is 138 Å². The second kappa shape index (κ2) is 4.32. The summed E-state index contributed by atoms with van der Waals surface area (Å²) in [6, 6.07) is 11.8. The molecule has 1 atom stereocenters. The molecule has 3 aromatic rings. The lowest BCUT2D eigenvalue weighted by Crippen LogP contribution is -2.26. The third-order valence-electron chi connectivity index (χ3n) is 4.93. The smallest absolute Gasteiger partial charge is 0.234 e. The monoisotopic (exact) mass is 317 g/mol. The van der Waals surface area contributed by atoms with Crippen LogP contribution in [0.4, 0.5) is 11.4 Å². The van der Waals surface area contributed by atoms with Gasteiger partial charge in [0.15, 0.2) is 5.58 Å². The van der Waals surface area contributed by atoms with Gasteiger partial charge in [0, 0.05) is 18.0 Å². The zero-order valence-corrected chi connectivity index (χ0v) is 13.3. The Balaban J connectivity index is 1.64. The third-order valence-corrected chi connectivity index (χ3v) is 4.93. The number of benzene rings is 2. The molecule has 5 heteroatoms. The fourth-order valence-electron chi connectivity index (χ4n) is 3.45. The molecule has 0 spiro atoms. The maximum atomic E-state index is 12.1. The number of rotatable bonds is 1. The summed E-state index contributed by atoms with van der Waals surface area (Å²) in [5, 5.41) is 2.92. The van der Waals surface area contributed by atoms with E-state index < -0.39 is 5.41 Å². The van der Waals surface area contributed by atoms with Crippen molar-refractivity contribution >= 4 is 34.6 Å². The molecule has 1 aromatic heterocycles. The summed E-state index contributed by atoms with van der Waals surface area (Å²) in [7, 11) is 0. The average Bonchev–Trinajstić information content (AvgIpc) is 3.21. The van der Waals surface area contributed by atoms with Crippen LogP contribution in [0, 0.1) is 0 Å². The quantitative estimate of drug-likeness (QED) is 0.740. The van der Waals surface area contributed by atoms with Gasteiger partial charge < -0.3 is 9.73 Å². The highest BCUT2D eigenvalue weighted by atomic mass is 16.3. The van der Waals surface area contributed by atoms with E-state index in [9.17, 15) is 4.79 Å². The van der Waals surface area contributed by atoms with Gasteiger partial charge in [-0.1, -0.05) is 18.2 Å². The highest BCUT2D eigenvalue weighted by molar-refractivity contribution is 6.07. The largest absolute Gasteiger partial charge is 0.440 e. The van der Waals surface area contributed by atoms with E-state index in [2.05, 4.69) is 15.3 Å². The summed E-state index contributed by atoms with van der Waals surface area (Å²) in [5.74, 6) is 0.569. The topological polar surface area (TPSA) is 67.5 Å². The maximum absolute atomic E-state index is 12.1. The van der Waals surface area contributed by atoms with E-state index in [0.29, 0.717) is 11.5 Å². The molecule has 2 aromatic carbocycles. The minimum atomic E-state index is -0.552. The average molecular weight is 317 g/mol. The number of anilines is 1. The standard InChI is InChI=1S/C19H15N3O2/c1-19(2)12-7-15-16(8-14(12)22-18(19)23)24-17(21-15)11-9-20-13-6-4-3-5-10(11)13/h3-9,11H,1-2H3,(H,22,23). The van der Waals surface area contributed by atoms with Crippen molar-refractivity contribution in [1.29, 1.82) is 0 Å². The molecule has 0 saturated heterocycles. The Kier molecular flexibility index (Phi) is 2.43. The van der Waals surface area contributed by atoms with Crippen LogP contribution >= 0.6 is 0 Å². The van der Waals surface area contributed by atoms with E-state index in [4.69, 9.17) is 4.42 Å². The van der Waals surface area contributed by atoms with Crippen molar-refractivity contribution in [3.8, 4) is 0 Å². The van der Waals surface area contributed by atoms with Crippen LogP contribution in [0.15, 0.2) is 45.8 Å². The highest BCUT2D eigenvalue weighted by Gasteiger charge is 2.39. The Morgan fingerprint density at radius 3 is 2.92 bits per heavy atom.